The Balaban J connectivity index is 0.000000144. The number of ether oxygens (including phenoxy) is 6. The molecule has 9 unspecified atom stereocenters. The first kappa shape index (κ1) is 67.1. The van der Waals surface area contributed by atoms with Crippen LogP contribution >= 0.6 is 0 Å². The van der Waals surface area contributed by atoms with Gasteiger partial charge >= 0.3 is 29.8 Å². The lowest BCUT2D eigenvalue weighted by atomic mass is 9.55. The smallest absolute Gasteiger partial charge is 0.317 e. The molecule has 15 aliphatic carbocycles. The first-order chi connectivity index (χ1) is 40.4. The standard InChI is InChI=1S/3C21H29F5O3/c1-11-3-16(21(25,26)20(24,9-11)19(2,22)23)18(27)29-10-28-17-14-5-12-4-13(7-14)8-15(17)6-12;1-3-15-9-16(21(25,26)20(15,24)19(2,22)23)18(27)29-10-28-17-13-5-11-4-12(7-13)8-14(17)6-11;1-3-15-9-16(21(25,26)19(2,22)20(15,23)24)18(27)29-10-28-17-13-5-11-4-12(7-13)8-14(17)6-11/h3*11-17H,3-10H2,1-2H3. The van der Waals surface area contributed by atoms with E-state index in [1.165, 1.54) is 40.0 Å². The van der Waals surface area contributed by atoms with Crippen LogP contribution in [0.15, 0.2) is 0 Å². The lowest BCUT2D eigenvalue weighted by Gasteiger charge is -2.53. The second-order valence-corrected chi connectivity index (χ2v) is 29.6. The summed E-state index contributed by atoms with van der Waals surface area (Å²) in [4.78, 5) is 36.9. The van der Waals surface area contributed by atoms with Gasteiger partial charge in [-0.2, -0.15) is 0 Å². The van der Waals surface area contributed by atoms with E-state index in [1.807, 2.05) is 0 Å². The summed E-state index contributed by atoms with van der Waals surface area (Å²) in [5.41, 5.74) is -12.3. The van der Waals surface area contributed by atoms with Crippen molar-refractivity contribution < 1.29 is 109 Å². The van der Waals surface area contributed by atoms with Crippen molar-refractivity contribution in [2.75, 3.05) is 20.4 Å². The van der Waals surface area contributed by atoms with Crippen molar-refractivity contribution in [3.8, 4) is 0 Å². The molecule has 0 aromatic rings. The molecule has 0 heterocycles. The lowest BCUT2D eigenvalue weighted by Crippen LogP contribution is -2.66. The van der Waals surface area contributed by atoms with Gasteiger partial charge in [0.1, 0.15) is 17.8 Å². The van der Waals surface area contributed by atoms with Gasteiger partial charge in [0.25, 0.3) is 23.7 Å². The molecule has 15 aliphatic rings. The van der Waals surface area contributed by atoms with Gasteiger partial charge < -0.3 is 28.4 Å². The molecule has 0 aliphatic heterocycles. The van der Waals surface area contributed by atoms with Crippen molar-refractivity contribution in [2.24, 2.45) is 107 Å². The van der Waals surface area contributed by atoms with E-state index >= 15 is 0 Å². The van der Waals surface area contributed by atoms with Crippen LogP contribution in [0.5, 0.6) is 0 Å². The Morgan fingerprint density at radius 1 is 0.402 bits per heavy atom. The fraction of sp³-hybridized carbons (Fsp3) is 0.952. The third kappa shape index (κ3) is 11.7. The second kappa shape index (κ2) is 24.0. The normalized spacial score (nSPS) is 46.2. The maximum absolute atomic E-state index is 14.9. The molecule has 9 atom stereocenters. The topological polar surface area (TPSA) is 107 Å². The Hall–Kier alpha value is -2.76. The molecular formula is C63H87F15O9. The van der Waals surface area contributed by atoms with E-state index in [-0.39, 0.29) is 51.9 Å². The Morgan fingerprint density at radius 2 is 0.701 bits per heavy atom. The average Bonchev–Trinajstić information content (AvgIpc) is 1.78. The summed E-state index contributed by atoms with van der Waals surface area (Å²) in [5.74, 6) is -34.4. The van der Waals surface area contributed by atoms with Crippen molar-refractivity contribution in [3.63, 3.8) is 0 Å². The molecule has 0 radical (unpaired) electrons. The van der Waals surface area contributed by atoms with E-state index in [2.05, 4.69) is 0 Å². The van der Waals surface area contributed by atoms with Crippen LogP contribution in [-0.2, 0) is 42.8 Å². The van der Waals surface area contributed by atoms with E-state index in [0.29, 0.717) is 35.5 Å². The van der Waals surface area contributed by atoms with Gasteiger partial charge in [-0.1, -0.05) is 20.8 Å². The number of hydrogen-bond acceptors (Lipinski definition) is 9. The minimum Gasteiger partial charge on any atom is -0.438 e. The minimum absolute atomic E-state index is 0.0525. The van der Waals surface area contributed by atoms with E-state index in [1.54, 1.807) is 0 Å². The van der Waals surface area contributed by atoms with E-state index in [4.69, 9.17) is 28.4 Å². The first-order valence-electron chi connectivity index (χ1n) is 32.1. The third-order valence-electron chi connectivity index (χ3n) is 23.9. The molecule has 0 aromatic carbocycles. The van der Waals surface area contributed by atoms with Crippen LogP contribution < -0.4 is 0 Å². The fourth-order valence-electron chi connectivity index (χ4n) is 20.1. The molecule has 0 N–H and O–H groups in total. The summed E-state index contributed by atoms with van der Waals surface area (Å²) in [5, 5.41) is 0. The summed E-state index contributed by atoms with van der Waals surface area (Å²) in [7, 11) is 0. The van der Waals surface area contributed by atoms with E-state index in [0.717, 1.165) is 113 Å². The van der Waals surface area contributed by atoms with Crippen LogP contribution in [-0.4, -0.2) is 109 Å². The van der Waals surface area contributed by atoms with Gasteiger partial charge in [-0.15, -0.1) is 0 Å². The SMILES string of the molecule is CC1CC(C(=O)OCOC2C3CC4CC(C3)CC2C4)C(F)(F)C(F)(C(C)(F)F)C1.CCC1CC(C(=O)OCOC2C3CC4CC(C3)CC2C4)C(F)(F)C(C)(F)C1(F)F.CCC1CC(C(=O)OCOC2C3CC4CC(C3)CC2C4)C(F)(F)C1(F)C(C)(F)F. The Labute approximate surface area is 499 Å². The number of alkyl halides is 15. The Morgan fingerprint density at radius 3 is 0.989 bits per heavy atom. The third-order valence-corrected chi connectivity index (χ3v) is 23.9. The van der Waals surface area contributed by atoms with Gasteiger partial charge in [0.05, 0.1) is 18.3 Å². The lowest BCUT2D eigenvalue weighted by molar-refractivity contribution is -0.306. The summed E-state index contributed by atoms with van der Waals surface area (Å²) in [6.45, 7) is 3.12. The maximum Gasteiger partial charge on any atom is 0.317 e. The van der Waals surface area contributed by atoms with Crippen LogP contribution in [0.1, 0.15) is 176 Å². The fourth-order valence-corrected chi connectivity index (χ4v) is 20.1. The van der Waals surface area contributed by atoms with Crippen molar-refractivity contribution in [1.29, 1.82) is 0 Å². The first-order valence-corrected chi connectivity index (χ1v) is 32.1. The van der Waals surface area contributed by atoms with Gasteiger partial charge in [-0.25, -0.2) is 65.9 Å². The summed E-state index contributed by atoms with van der Waals surface area (Å²) < 4.78 is 248. The molecule has 0 saturated heterocycles. The molecule has 24 heteroatoms. The monoisotopic (exact) mass is 1270 g/mol. The number of carbonyl (C=O) groups excluding carboxylic acids is 3. The van der Waals surface area contributed by atoms with Crippen LogP contribution in [0.3, 0.4) is 0 Å². The van der Waals surface area contributed by atoms with Gasteiger partial charge in [-0.3, -0.25) is 14.4 Å². The predicted molar refractivity (Wildman–Crippen MR) is 283 cm³/mol. The van der Waals surface area contributed by atoms with Crippen LogP contribution in [0.4, 0.5) is 65.9 Å². The van der Waals surface area contributed by atoms with Gasteiger partial charge in [0, 0.05) is 25.7 Å². The molecular weight excluding hydrogens is 1190 g/mol. The summed E-state index contributed by atoms with van der Waals surface area (Å²) >= 11 is 0. The zero-order valence-corrected chi connectivity index (χ0v) is 50.4. The number of hydrogen-bond donors (Lipinski definition) is 0. The van der Waals surface area contributed by atoms with Crippen molar-refractivity contribution in [1.82, 2.24) is 0 Å². The largest absolute Gasteiger partial charge is 0.438 e. The maximum atomic E-state index is 14.9. The quantitative estimate of drug-likeness (QED) is 0.0646. The zero-order valence-electron chi connectivity index (χ0n) is 50.4. The molecule has 0 amide bonds. The highest BCUT2D eigenvalue weighted by Gasteiger charge is 2.80. The highest BCUT2D eigenvalue weighted by Crippen LogP contribution is 2.64. The number of esters is 3. The van der Waals surface area contributed by atoms with Crippen LogP contribution in [0.2, 0.25) is 0 Å². The average molecular weight is 1270 g/mol. The Bertz CT molecular complexity index is 2330. The van der Waals surface area contributed by atoms with Gasteiger partial charge in [0.15, 0.2) is 20.4 Å². The number of rotatable bonds is 16. The molecule has 12 bridgehead atoms. The van der Waals surface area contributed by atoms with Crippen molar-refractivity contribution in [3.05, 3.63) is 0 Å². The molecule has 15 saturated carbocycles. The number of halogens is 15. The highest BCUT2D eigenvalue weighted by molar-refractivity contribution is 5.75. The van der Waals surface area contributed by atoms with Crippen LogP contribution in [0, 0.1) is 107 Å². The highest BCUT2D eigenvalue weighted by atomic mass is 19.3. The molecule has 9 nitrogen and oxygen atoms in total. The molecule has 0 aromatic heterocycles. The predicted octanol–water partition coefficient (Wildman–Crippen LogP) is 16.1. The van der Waals surface area contributed by atoms with Crippen LogP contribution in [0.25, 0.3) is 0 Å². The molecule has 87 heavy (non-hydrogen) atoms. The van der Waals surface area contributed by atoms with Crippen molar-refractivity contribution >= 4 is 17.9 Å². The summed E-state index contributed by atoms with van der Waals surface area (Å²) in [6, 6.07) is 0. The Kier molecular flexibility index (Phi) is 18.5. The molecule has 15 rings (SSSR count). The zero-order chi connectivity index (χ0) is 63.6. The van der Waals surface area contributed by atoms with Crippen molar-refractivity contribution in [2.45, 2.75) is 247 Å². The summed E-state index contributed by atoms with van der Waals surface area (Å²) in [6.07, 6.45) is 13.4. The molecule has 15 fully saturated rings. The molecule has 498 valence electrons. The van der Waals surface area contributed by atoms with E-state index < -0.39 is 152 Å². The number of carbonyl (C=O) groups is 3. The molecule has 0 spiro atoms. The minimum atomic E-state index is -4.53. The van der Waals surface area contributed by atoms with Gasteiger partial charge in [0.2, 0.25) is 17.0 Å². The van der Waals surface area contributed by atoms with Gasteiger partial charge in [-0.05, 0) is 219 Å². The second-order valence-electron chi connectivity index (χ2n) is 29.6. The van der Waals surface area contributed by atoms with E-state index in [9.17, 15) is 80.2 Å².